The van der Waals surface area contributed by atoms with Gasteiger partial charge < -0.3 is 18.8 Å². The molecule has 230 valence electrons. The highest BCUT2D eigenvalue weighted by Crippen LogP contribution is 2.56. The van der Waals surface area contributed by atoms with Gasteiger partial charge in [0, 0.05) is 29.2 Å². The lowest BCUT2D eigenvalue weighted by atomic mass is 9.80. The first-order valence-corrected chi connectivity index (χ1v) is 16.0. The SMILES string of the molecule is COc1ccc(S(=O)(=O)N2C(=O)C(c3cc(CN(C)C)ccc3OC)(N3CCC[C@H]3c3ncco3)c3ccc(Cl)cc32)cc1. The first-order chi connectivity index (χ1) is 21.1. The van der Waals surface area contributed by atoms with Crippen molar-refractivity contribution in [1.82, 2.24) is 14.8 Å². The number of nitrogens with zero attached hydrogens (tertiary/aromatic N) is 4. The molecular formula is C32H33ClN4O6S. The molecule has 0 radical (unpaired) electrons. The molecule has 44 heavy (non-hydrogen) atoms. The molecule has 0 aliphatic carbocycles. The van der Waals surface area contributed by atoms with Gasteiger partial charge in [-0.15, -0.1) is 0 Å². The van der Waals surface area contributed by atoms with Crippen LogP contribution in [0.4, 0.5) is 5.69 Å². The number of carbonyl (C=O) groups is 1. The van der Waals surface area contributed by atoms with Crippen molar-refractivity contribution in [1.29, 1.82) is 0 Å². The van der Waals surface area contributed by atoms with Gasteiger partial charge >= 0.3 is 0 Å². The predicted molar refractivity (Wildman–Crippen MR) is 165 cm³/mol. The van der Waals surface area contributed by atoms with Crippen LogP contribution in [0.3, 0.4) is 0 Å². The van der Waals surface area contributed by atoms with E-state index in [1.165, 1.54) is 31.6 Å². The van der Waals surface area contributed by atoms with Crippen LogP contribution in [0.15, 0.2) is 82.4 Å². The largest absolute Gasteiger partial charge is 0.497 e. The second-order valence-corrected chi connectivity index (χ2v) is 13.3. The summed E-state index contributed by atoms with van der Waals surface area (Å²) < 4.78 is 46.7. The molecule has 1 unspecified atom stereocenters. The van der Waals surface area contributed by atoms with Gasteiger partial charge in [0.25, 0.3) is 15.9 Å². The van der Waals surface area contributed by atoms with Crippen molar-refractivity contribution in [3.63, 3.8) is 0 Å². The summed E-state index contributed by atoms with van der Waals surface area (Å²) in [6, 6.07) is 16.2. The number of benzene rings is 3. The average Bonchev–Trinajstić information content (AvgIpc) is 3.75. The molecule has 2 aliphatic heterocycles. The number of hydrogen-bond acceptors (Lipinski definition) is 9. The third kappa shape index (κ3) is 4.75. The summed E-state index contributed by atoms with van der Waals surface area (Å²) in [6.07, 6.45) is 4.46. The van der Waals surface area contributed by atoms with Crippen molar-refractivity contribution in [2.75, 3.05) is 39.2 Å². The Bertz CT molecular complexity index is 1800. The summed E-state index contributed by atoms with van der Waals surface area (Å²) in [5.74, 6) is 0.723. The molecule has 1 amide bonds. The van der Waals surface area contributed by atoms with E-state index in [2.05, 4.69) is 4.98 Å². The number of methoxy groups -OCH3 is 2. The fourth-order valence-corrected chi connectivity index (χ4v) is 8.08. The Labute approximate surface area is 261 Å². The third-order valence-corrected chi connectivity index (χ3v) is 10.2. The second-order valence-electron chi connectivity index (χ2n) is 11.1. The fourth-order valence-electron chi connectivity index (χ4n) is 6.46. The number of carbonyl (C=O) groups excluding carboxylic acids is 1. The van der Waals surface area contributed by atoms with Gasteiger partial charge in [-0.05, 0) is 81.0 Å². The van der Waals surface area contributed by atoms with Gasteiger partial charge in [-0.2, -0.15) is 0 Å². The Morgan fingerprint density at radius 3 is 2.48 bits per heavy atom. The average molecular weight is 637 g/mol. The van der Waals surface area contributed by atoms with Crippen LogP contribution in [0.5, 0.6) is 11.5 Å². The molecule has 1 saturated heterocycles. The number of fused-ring (bicyclic) bond motifs is 1. The van der Waals surface area contributed by atoms with E-state index in [9.17, 15) is 8.42 Å². The Balaban J connectivity index is 1.67. The molecule has 2 aliphatic rings. The van der Waals surface area contributed by atoms with Crippen molar-refractivity contribution in [3.8, 4) is 11.5 Å². The Kier molecular flexibility index (Phi) is 7.91. The van der Waals surface area contributed by atoms with Crippen LogP contribution in [0, 0.1) is 0 Å². The second kappa shape index (κ2) is 11.6. The van der Waals surface area contributed by atoms with Crippen LogP contribution < -0.4 is 13.8 Å². The van der Waals surface area contributed by atoms with E-state index in [1.807, 2.05) is 42.1 Å². The van der Waals surface area contributed by atoms with Crippen LogP contribution in [0.2, 0.25) is 5.02 Å². The van der Waals surface area contributed by atoms with Gasteiger partial charge in [-0.25, -0.2) is 17.7 Å². The minimum absolute atomic E-state index is 0.0626. The van der Waals surface area contributed by atoms with E-state index in [0.29, 0.717) is 53.0 Å². The zero-order valence-electron chi connectivity index (χ0n) is 24.9. The molecule has 3 aromatic carbocycles. The number of oxazole rings is 1. The molecule has 0 N–H and O–H groups in total. The fraction of sp³-hybridized carbons (Fsp3) is 0.312. The standard InChI is InChI=1S/C32H33ClN4O6S/c1-35(2)20-21-7-14-29(42-4)26(18-21)32(36-16-5-6-27(36)30-34-15-17-43-30)25-13-8-22(33)19-28(25)37(31(32)38)44(39,40)24-11-9-23(41-3)10-12-24/h7-15,17-19,27H,5-6,16,20H2,1-4H3/t27-,32?/m0/s1. The zero-order chi connectivity index (χ0) is 31.2. The van der Waals surface area contributed by atoms with Gasteiger partial charge in [0.05, 0.1) is 37.0 Å². The van der Waals surface area contributed by atoms with E-state index < -0.39 is 27.5 Å². The van der Waals surface area contributed by atoms with Gasteiger partial charge in [-0.1, -0.05) is 23.7 Å². The summed E-state index contributed by atoms with van der Waals surface area (Å²) in [6.45, 7) is 1.06. The number of rotatable bonds is 9. The normalized spacial score (nSPS) is 20.4. The van der Waals surface area contributed by atoms with Crippen molar-refractivity contribution in [3.05, 3.63) is 101 Å². The Hall–Kier alpha value is -3.90. The number of hydrogen-bond donors (Lipinski definition) is 0. The summed E-state index contributed by atoms with van der Waals surface area (Å²) >= 11 is 6.50. The van der Waals surface area contributed by atoms with Crippen molar-refractivity contribution in [2.24, 2.45) is 0 Å². The van der Waals surface area contributed by atoms with E-state index in [-0.39, 0.29) is 10.6 Å². The van der Waals surface area contributed by atoms with Gasteiger partial charge in [0.2, 0.25) is 5.89 Å². The van der Waals surface area contributed by atoms with Crippen LogP contribution in [0.25, 0.3) is 0 Å². The number of sulfonamides is 1. The lowest BCUT2D eigenvalue weighted by Crippen LogP contribution is -2.54. The molecule has 4 aromatic rings. The smallest absolute Gasteiger partial charge is 0.271 e. The number of likely N-dealkylation sites (tertiary alicyclic amines) is 1. The quantitative estimate of drug-likeness (QED) is 0.244. The van der Waals surface area contributed by atoms with E-state index in [4.69, 9.17) is 25.5 Å². The number of aromatic nitrogens is 1. The monoisotopic (exact) mass is 636 g/mol. The molecule has 3 heterocycles. The van der Waals surface area contributed by atoms with Gasteiger partial charge in [0.1, 0.15) is 17.8 Å². The molecule has 6 rings (SSSR count). The molecule has 1 fully saturated rings. The van der Waals surface area contributed by atoms with Crippen LogP contribution >= 0.6 is 11.6 Å². The minimum Gasteiger partial charge on any atom is -0.497 e. The van der Waals surface area contributed by atoms with Crippen molar-refractivity contribution in [2.45, 2.75) is 35.9 Å². The third-order valence-electron chi connectivity index (χ3n) is 8.23. The van der Waals surface area contributed by atoms with Crippen molar-refractivity contribution >= 4 is 33.2 Å². The maximum absolute atomic E-state index is 15.4. The number of halogens is 1. The van der Waals surface area contributed by atoms with Crippen LogP contribution in [-0.4, -0.2) is 64.0 Å². The highest BCUT2D eigenvalue weighted by Gasteiger charge is 2.62. The summed E-state index contributed by atoms with van der Waals surface area (Å²) in [5.41, 5.74) is 0.484. The summed E-state index contributed by atoms with van der Waals surface area (Å²) in [5, 5.41) is 0.293. The highest BCUT2D eigenvalue weighted by atomic mass is 35.5. The van der Waals surface area contributed by atoms with Crippen LogP contribution in [0.1, 0.15) is 41.5 Å². The first-order valence-electron chi connectivity index (χ1n) is 14.1. The number of amides is 1. The summed E-state index contributed by atoms with van der Waals surface area (Å²) in [4.78, 5) is 23.8. The number of anilines is 1. The predicted octanol–water partition coefficient (Wildman–Crippen LogP) is 5.22. The molecule has 0 bridgehead atoms. The summed E-state index contributed by atoms with van der Waals surface area (Å²) in [7, 11) is 2.54. The first kappa shape index (κ1) is 30.1. The van der Waals surface area contributed by atoms with Gasteiger partial charge in [0.15, 0.2) is 5.54 Å². The van der Waals surface area contributed by atoms with Gasteiger partial charge in [-0.3, -0.25) is 9.69 Å². The zero-order valence-corrected chi connectivity index (χ0v) is 26.4. The maximum atomic E-state index is 15.4. The number of ether oxygens (including phenoxy) is 2. The molecule has 10 nitrogen and oxygen atoms in total. The molecule has 2 atom stereocenters. The van der Waals surface area contributed by atoms with E-state index in [1.54, 1.807) is 37.6 Å². The van der Waals surface area contributed by atoms with E-state index in [0.717, 1.165) is 16.3 Å². The molecule has 0 saturated carbocycles. The Morgan fingerprint density at radius 2 is 1.82 bits per heavy atom. The molecule has 12 heteroatoms. The molecule has 0 spiro atoms. The van der Waals surface area contributed by atoms with Crippen LogP contribution in [-0.2, 0) is 26.9 Å². The van der Waals surface area contributed by atoms with E-state index >= 15 is 4.79 Å². The molecule has 1 aromatic heterocycles. The lowest BCUT2D eigenvalue weighted by molar-refractivity contribution is -0.127. The molecular weight excluding hydrogens is 604 g/mol. The Morgan fingerprint density at radius 1 is 1.05 bits per heavy atom. The lowest BCUT2D eigenvalue weighted by Gasteiger charge is -2.41. The highest BCUT2D eigenvalue weighted by molar-refractivity contribution is 7.93. The topological polar surface area (TPSA) is 105 Å². The van der Waals surface area contributed by atoms with Crippen molar-refractivity contribution < 1.29 is 27.1 Å². The minimum atomic E-state index is -4.42. The maximum Gasteiger partial charge on any atom is 0.271 e.